The zero-order chi connectivity index (χ0) is 27.9. The Labute approximate surface area is 216 Å². The summed E-state index contributed by atoms with van der Waals surface area (Å²) in [6, 6.07) is 6.82. The van der Waals surface area contributed by atoms with E-state index < -0.39 is 41.3 Å². The van der Waals surface area contributed by atoms with Crippen LogP contribution in [0.2, 0.25) is 0 Å². The topological polar surface area (TPSA) is 143 Å². The van der Waals surface area contributed by atoms with Gasteiger partial charge in [-0.2, -0.15) is 13.2 Å². The van der Waals surface area contributed by atoms with E-state index >= 15 is 0 Å². The fraction of sp³-hybridized carbons (Fsp3) is 0.208. The van der Waals surface area contributed by atoms with Crippen molar-refractivity contribution in [2.24, 2.45) is 7.05 Å². The van der Waals surface area contributed by atoms with Crippen LogP contribution in [0.5, 0.6) is 0 Å². The third-order valence-electron chi connectivity index (χ3n) is 5.89. The van der Waals surface area contributed by atoms with E-state index in [9.17, 15) is 27.6 Å². The van der Waals surface area contributed by atoms with Gasteiger partial charge in [0, 0.05) is 30.6 Å². The highest BCUT2D eigenvalue weighted by Crippen LogP contribution is 2.35. The van der Waals surface area contributed by atoms with E-state index in [1.54, 1.807) is 19.1 Å². The first-order chi connectivity index (χ1) is 18.5. The molecule has 0 spiro atoms. The highest BCUT2D eigenvalue weighted by atomic mass is 19.4. The number of anilines is 1. The maximum Gasteiger partial charge on any atom is 0.419 e. The number of nitrogens with one attached hydrogen (secondary N) is 1. The Morgan fingerprint density at radius 2 is 1.90 bits per heavy atom. The van der Waals surface area contributed by atoms with Gasteiger partial charge >= 0.3 is 11.9 Å². The van der Waals surface area contributed by atoms with Gasteiger partial charge in [-0.25, -0.2) is 14.8 Å². The summed E-state index contributed by atoms with van der Waals surface area (Å²) in [5, 5.41) is 5.90. The van der Waals surface area contributed by atoms with E-state index in [-0.39, 0.29) is 23.4 Å². The molecule has 0 atom stereocenters. The number of hydrogen-bond acceptors (Lipinski definition) is 8. The van der Waals surface area contributed by atoms with Gasteiger partial charge in [-0.05, 0) is 31.2 Å². The predicted molar refractivity (Wildman–Crippen MR) is 131 cm³/mol. The monoisotopic (exact) mass is 540 g/mol. The van der Waals surface area contributed by atoms with Crippen molar-refractivity contribution in [2.75, 3.05) is 5.32 Å². The van der Waals surface area contributed by atoms with Gasteiger partial charge in [0.05, 0.1) is 24.1 Å². The summed E-state index contributed by atoms with van der Waals surface area (Å²) in [4.78, 5) is 51.0. The Morgan fingerprint density at radius 1 is 1.10 bits per heavy atom. The summed E-state index contributed by atoms with van der Waals surface area (Å²) < 4.78 is 49.0. The Kier molecular flexibility index (Phi) is 6.33. The molecule has 15 heteroatoms. The molecule has 0 fully saturated rings. The number of carbonyl (C=O) groups excluding carboxylic acids is 1. The number of aromatic nitrogens is 7. The van der Waals surface area contributed by atoms with Gasteiger partial charge in [-0.3, -0.25) is 23.7 Å². The van der Waals surface area contributed by atoms with Crippen molar-refractivity contribution in [3.63, 3.8) is 0 Å². The van der Waals surface area contributed by atoms with E-state index in [0.717, 1.165) is 26.1 Å². The normalized spacial score (nSPS) is 11.7. The third-order valence-corrected chi connectivity index (χ3v) is 5.89. The molecule has 0 radical (unpaired) electrons. The molecule has 5 heterocycles. The Hall–Kier alpha value is -5.08. The van der Waals surface area contributed by atoms with Crippen LogP contribution in [0, 0.1) is 6.92 Å². The lowest BCUT2D eigenvalue weighted by Crippen LogP contribution is -2.40. The summed E-state index contributed by atoms with van der Waals surface area (Å²) in [5.41, 5.74) is -1.03. The third kappa shape index (κ3) is 4.93. The van der Waals surface area contributed by atoms with Gasteiger partial charge in [0.2, 0.25) is 5.91 Å². The molecule has 1 N–H and O–H groups in total. The molecular formula is C24H19F3N8O4. The van der Waals surface area contributed by atoms with Crippen LogP contribution >= 0.6 is 0 Å². The Balaban J connectivity index is 1.49. The Morgan fingerprint density at radius 3 is 2.56 bits per heavy atom. The van der Waals surface area contributed by atoms with Crippen LogP contribution < -0.4 is 16.6 Å². The zero-order valence-electron chi connectivity index (χ0n) is 20.4. The lowest BCUT2D eigenvalue weighted by Gasteiger charge is -2.15. The summed E-state index contributed by atoms with van der Waals surface area (Å²) in [6.07, 6.45) is -0.902. The maximum absolute atomic E-state index is 13.7. The molecule has 1 amide bonds. The van der Waals surface area contributed by atoms with Crippen LogP contribution in [0.4, 0.5) is 19.0 Å². The van der Waals surface area contributed by atoms with Crippen molar-refractivity contribution in [2.45, 2.75) is 26.2 Å². The number of halogens is 3. The molecule has 0 aromatic carbocycles. The number of carbonyl (C=O) groups is 1. The second-order valence-corrected chi connectivity index (χ2v) is 8.60. The summed E-state index contributed by atoms with van der Waals surface area (Å²) in [5.74, 6) is -1.60. The van der Waals surface area contributed by atoms with E-state index in [4.69, 9.17) is 4.52 Å². The molecular weight excluding hydrogens is 521 g/mol. The number of hydrogen-bond donors (Lipinski definition) is 1. The van der Waals surface area contributed by atoms with Gasteiger partial charge in [0.25, 0.3) is 5.56 Å². The van der Waals surface area contributed by atoms with Gasteiger partial charge < -0.3 is 14.4 Å². The summed E-state index contributed by atoms with van der Waals surface area (Å²) in [6.45, 7) is 0.981. The van der Waals surface area contributed by atoms with E-state index in [1.165, 1.54) is 31.6 Å². The highest BCUT2D eigenvalue weighted by Gasteiger charge is 2.35. The van der Waals surface area contributed by atoms with Crippen LogP contribution in [0.25, 0.3) is 22.4 Å². The van der Waals surface area contributed by atoms with Crippen molar-refractivity contribution in [1.82, 2.24) is 33.8 Å². The molecule has 12 nitrogen and oxygen atoms in total. The summed E-state index contributed by atoms with van der Waals surface area (Å²) in [7, 11) is 1.39. The fourth-order valence-electron chi connectivity index (χ4n) is 3.95. The fourth-order valence-corrected chi connectivity index (χ4v) is 3.95. The molecule has 0 aliphatic carbocycles. The molecule has 5 aromatic heterocycles. The number of imidazole rings is 1. The lowest BCUT2D eigenvalue weighted by atomic mass is 10.1. The molecule has 0 bridgehead atoms. The molecule has 0 saturated heterocycles. The van der Waals surface area contributed by atoms with Crippen molar-refractivity contribution >= 4 is 22.9 Å². The van der Waals surface area contributed by atoms with Crippen LogP contribution in [-0.2, 0) is 31.1 Å². The van der Waals surface area contributed by atoms with Gasteiger partial charge in [0.1, 0.15) is 24.3 Å². The van der Waals surface area contributed by atoms with Crippen LogP contribution in [-0.4, -0.2) is 39.7 Å². The second-order valence-electron chi connectivity index (χ2n) is 8.60. The summed E-state index contributed by atoms with van der Waals surface area (Å²) >= 11 is 0. The molecule has 5 aromatic rings. The zero-order valence-corrected chi connectivity index (χ0v) is 20.4. The van der Waals surface area contributed by atoms with Crippen molar-refractivity contribution in [3.05, 3.63) is 86.9 Å². The van der Waals surface area contributed by atoms with Crippen molar-refractivity contribution in [1.29, 1.82) is 0 Å². The van der Waals surface area contributed by atoms with Gasteiger partial charge in [-0.15, -0.1) is 0 Å². The number of fused-ring (bicyclic) bond motifs is 1. The number of aryl methyl sites for hydroxylation is 2. The number of nitrogens with zero attached hydrogens (tertiary/aromatic N) is 7. The molecule has 0 aliphatic rings. The molecule has 0 aliphatic heterocycles. The average molecular weight is 540 g/mol. The molecule has 39 heavy (non-hydrogen) atoms. The lowest BCUT2D eigenvalue weighted by molar-refractivity contribution is -0.137. The number of rotatable bonds is 6. The predicted octanol–water partition coefficient (Wildman–Crippen LogP) is 2.36. The minimum absolute atomic E-state index is 0.00261. The maximum atomic E-state index is 13.7. The molecule has 0 saturated carbocycles. The first kappa shape index (κ1) is 25.6. The molecule has 0 unspecified atom stereocenters. The number of pyridine rings is 2. The first-order valence-electron chi connectivity index (χ1n) is 11.4. The van der Waals surface area contributed by atoms with Gasteiger partial charge in [0.15, 0.2) is 11.2 Å². The quantitative estimate of drug-likeness (QED) is 0.346. The van der Waals surface area contributed by atoms with Crippen LogP contribution in [0.3, 0.4) is 0 Å². The minimum atomic E-state index is -4.80. The van der Waals surface area contributed by atoms with E-state index in [0.29, 0.717) is 17.0 Å². The largest absolute Gasteiger partial charge is 0.419 e. The second kappa shape index (κ2) is 9.66. The Bertz CT molecular complexity index is 1800. The van der Waals surface area contributed by atoms with Crippen molar-refractivity contribution in [3.8, 4) is 11.3 Å². The van der Waals surface area contributed by atoms with E-state index in [2.05, 4.69) is 25.4 Å². The van der Waals surface area contributed by atoms with Crippen molar-refractivity contribution < 1.29 is 22.5 Å². The van der Waals surface area contributed by atoms with Crippen LogP contribution in [0.15, 0.2) is 63.2 Å². The standard InChI is InChI=1S/C24H19F3N8O4/c1-13-3-4-14(9-28-13)17-6-5-16(24(25,26)27)20(30-17)31-18(36)11-34-12-29-21-19(34)22(37)35(23(38)33(21)2)10-15-7-8-39-32-15/h3-9,12H,10-11H2,1-2H3,(H,30,31,36). The van der Waals surface area contributed by atoms with E-state index in [1.807, 2.05) is 0 Å². The smallest absolute Gasteiger partial charge is 0.364 e. The number of amides is 1. The SMILES string of the molecule is Cc1ccc(-c2ccc(C(F)(F)F)c(NC(=O)Cn3cnc4c3c(=O)n(Cc3ccon3)c(=O)n4C)n2)cn1. The first-order valence-corrected chi connectivity index (χ1v) is 11.4. The minimum Gasteiger partial charge on any atom is -0.364 e. The highest BCUT2D eigenvalue weighted by molar-refractivity contribution is 5.91. The molecule has 5 rings (SSSR count). The number of alkyl halides is 3. The molecule has 200 valence electrons. The van der Waals surface area contributed by atoms with Gasteiger partial charge in [-0.1, -0.05) is 5.16 Å². The average Bonchev–Trinajstić information content (AvgIpc) is 3.55. The van der Waals surface area contributed by atoms with Crippen LogP contribution in [0.1, 0.15) is 17.0 Å².